The summed E-state index contributed by atoms with van der Waals surface area (Å²) in [5.41, 5.74) is 0. The molecule has 0 aliphatic rings. The lowest BCUT2D eigenvalue weighted by molar-refractivity contribution is 0.167. The predicted octanol–water partition coefficient (Wildman–Crippen LogP) is 2.55. The van der Waals surface area contributed by atoms with Gasteiger partial charge in [-0.25, -0.2) is 0 Å². The Kier molecular flexibility index (Phi) is 7.37. The molecular weight excluding hydrogens is 262 g/mol. The second kappa shape index (κ2) is 7.26. The van der Waals surface area contributed by atoms with Crippen LogP contribution in [0, 0.1) is 11.3 Å². The summed E-state index contributed by atoms with van der Waals surface area (Å²) in [6.07, 6.45) is 0.447. The molecule has 0 N–H and O–H groups in total. The Morgan fingerprint density at radius 1 is 1.70 bits per heavy atom. The molecule has 10 heavy (non-hydrogen) atoms. The van der Waals surface area contributed by atoms with Crippen LogP contribution < -0.4 is 0 Å². The van der Waals surface area contributed by atoms with Gasteiger partial charge in [-0.15, -0.1) is 0 Å². The Morgan fingerprint density at radius 3 is 2.90 bits per heavy atom. The van der Waals surface area contributed by atoms with E-state index in [9.17, 15) is 0 Å². The average molecular weight is 269 g/mol. The first-order valence-corrected chi connectivity index (χ1v) is 4.41. The maximum atomic E-state index is 8.12. The lowest BCUT2D eigenvalue weighted by atomic mass is 10.5. The molecule has 0 aromatic rings. The third-order valence-corrected chi connectivity index (χ3v) is 2.34. The van der Waals surface area contributed by atoms with Crippen LogP contribution in [0.4, 0.5) is 0 Å². The molecule has 0 amide bonds. The van der Waals surface area contributed by atoms with Crippen LogP contribution in [0.5, 0.6) is 0 Å². The number of nitriles is 1. The van der Waals surface area contributed by atoms with E-state index in [0.29, 0.717) is 19.6 Å². The first-order valence-electron chi connectivity index (χ1n) is 2.70. The van der Waals surface area contributed by atoms with Crippen LogP contribution in [0.3, 0.4) is 0 Å². The molecule has 2 nitrogen and oxygen atoms in total. The van der Waals surface area contributed by atoms with E-state index in [0.717, 1.165) is 4.48 Å². The van der Waals surface area contributed by atoms with E-state index < -0.39 is 0 Å². The van der Waals surface area contributed by atoms with Gasteiger partial charge in [-0.2, -0.15) is 5.26 Å². The minimum atomic E-state index is 0.447. The van der Waals surface area contributed by atoms with E-state index in [-0.39, 0.29) is 0 Å². The van der Waals surface area contributed by atoms with Crippen LogP contribution in [0.25, 0.3) is 0 Å². The standard InChI is InChI=1S/C6H7Br2NO/c7-4-6(8)5-10-3-1-2-9/h4H,1,3,5H2. The molecule has 0 rings (SSSR count). The molecule has 0 saturated heterocycles. The minimum absolute atomic E-state index is 0.447. The molecule has 0 unspecified atom stereocenters. The highest BCUT2D eigenvalue weighted by Gasteiger charge is 1.89. The Morgan fingerprint density at radius 2 is 2.40 bits per heavy atom. The molecule has 0 atom stereocenters. The van der Waals surface area contributed by atoms with Gasteiger partial charge >= 0.3 is 0 Å². The monoisotopic (exact) mass is 267 g/mol. The summed E-state index contributed by atoms with van der Waals surface area (Å²) in [4.78, 5) is 1.74. The normalized spacial score (nSPS) is 11.1. The molecule has 56 valence electrons. The van der Waals surface area contributed by atoms with Gasteiger partial charge in [-0.1, -0.05) is 31.9 Å². The van der Waals surface area contributed by atoms with Crippen molar-refractivity contribution in [1.82, 2.24) is 0 Å². The van der Waals surface area contributed by atoms with Crippen LogP contribution in [-0.4, -0.2) is 13.2 Å². The van der Waals surface area contributed by atoms with Crippen LogP contribution in [0.2, 0.25) is 0 Å². The fraction of sp³-hybridized carbons (Fsp3) is 0.500. The summed E-state index contributed by atoms with van der Waals surface area (Å²) in [6, 6.07) is 1.99. The summed E-state index contributed by atoms with van der Waals surface area (Å²) >= 11 is 6.37. The topological polar surface area (TPSA) is 33.0 Å². The van der Waals surface area contributed by atoms with Gasteiger partial charge in [0.1, 0.15) is 0 Å². The number of halogens is 2. The fourth-order valence-electron chi connectivity index (χ4n) is 0.319. The van der Waals surface area contributed by atoms with Crippen molar-refractivity contribution < 1.29 is 4.74 Å². The second-order valence-corrected chi connectivity index (χ2v) is 2.99. The average Bonchev–Trinajstić information content (AvgIpc) is 1.98. The van der Waals surface area contributed by atoms with Gasteiger partial charge in [0, 0.05) is 4.48 Å². The smallest absolute Gasteiger partial charge is 0.0787 e. The molecule has 0 aliphatic heterocycles. The van der Waals surface area contributed by atoms with Crippen LogP contribution in [-0.2, 0) is 4.74 Å². The van der Waals surface area contributed by atoms with E-state index in [2.05, 4.69) is 31.9 Å². The quantitative estimate of drug-likeness (QED) is 0.735. The number of nitrogens with zero attached hydrogens (tertiary/aromatic N) is 1. The molecule has 4 heteroatoms. The maximum Gasteiger partial charge on any atom is 0.0787 e. The predicted molar refractivity (Wildman–Crippen MR) is 47.0 cm³/mol. The molecule has 0 bridgehead atoms. The highest BCUT2D eigenvalue weighted by Crippen LogP contribution is 2.07. The van der Waals surface area contributed by atoms with E-state index in [1.165, 1.54) is 0 Å². The Labute approximate surface area is 77.1 Å². The van der Waals surface area contributed by atoms with Gasteiger partial charge in [0.15, 0.2) is 0 Å². The summed E-state index contributed by atoms with van der Waals surface area (Å²) in [5, 5.41) is 8.12. The molecule has 0 aromatic heterocycles. The summed E-state index contributed by atoms with van der Waals surface area (Å²) in [7, 11) is 0. The van der Waals surface area contributed by atoms with Crippen molar-refractivity contribution >= 4 is 31.9 Å². The SMILES string of the molecule is N#CCCOCC(Br)=CBr. The highest BCUT2D eigenvalue weighted by molar-refractivity contribution is 9.14. The maximum absolute atomic E-state index is 8.12. The van der Waals surface area contributed by atoms with Crippen LogP contribution in [0.1, 0.15) is 6.42 Å². The van der Waals surface area contributed by atoms with Crippen molar-refractivity contribution in [2.75, 3.05) is 13.2 Å². The van der Waals surface area contributed by atoms with E-state index in [4.69, 9.17) is 10.00 Å². The lowest BCUT2D eigenvalue weighted by Gasteiger charge is -1.97. The zero-order valence-corrected chi connectivity index (χ0v) is 8.48. The molecular formula is C6H7Br2NO. The van der Waals surface area contributed by atoms with Crippen molar-refractivity contribution in [2.45, 2.75) is 6.42 Å². The van der Waals surface area contributed by atoms with Gasteiger partial charge in [-0.05, 0) is 4.99 Å². The molecule has 0 heterocycles. The largest absolute Gasteiger partial charge is 0.375 e. The summed E-state index contributed by atoms with van der Waals surface area (Å²) in [5.74, 6) is 0. The van der Waals surface area contributed by atoms with Gasteiger partial charge in [-0.3, -0.25) is 0 Å². The molecule has 0 saturated carbocycles. The molecule has 0 aliphatic carbocycles. The third kappa shape index (κ3) is 6.27. The number of hydrogen-bond acceptors (Lipinski definition) is 2. The summed E-state index contributed by atoms with van der Waals surface area (Å²) < 4.78 is 5.99. The molecule has 0 fully saturated rings. The summed E-state index contributed by atoms with van der Waals surface area (Å²) in [6.45, 7) is 1.01. The minimum Gasteiger partial charge on any atom is -0.375 e. The van der Waals surface area contributed by atoms with Crippen LogP contribution >= 0.6 is 31.9 Å². The van der Waals surface area contributed by atoms with Gasteiger partial charge in [0.05, 0.1) is 25.7 Å². The van der Waals surface area contributed by atoms with E-state index >= 15 is 0 Å². The number of ether oxygens (including phenoxy) is 1. The van der Waals surface area contributed by atoms with E-state index in [1.807, 2.05) is 6.07 Å². The van der Waals surface area contributed by atoms with Crippen LogP contribution in [0.15, 0.2) is 9.47 Å². The number of rotatable bonds is 4. The Balaban J connectivity index is 3.14. The van der Waals surface area contributed by atoms with Gasteiger partial charge in [0.25, 0.3) is 0 Å². The van der Waals surface area contributed by atoms with Crippen molar-refractivity contribution in [3.05, 3.63) is 9.47 Å². The van der Waals surface area contributed by atoms with Crippen molar-refractivity contribution in [3.8, 4) is 6.07 Å². The second-order valence-electron chi connectivity index (χ2n) is 1.52. The van der Waals surface area contributed by atoms with Crippen molar-refractivity contribution in [3.63, 3.8) is 0 Å². The van der Waals surface area contributed by atoms with Crippen molar-refractivity contribution in [1.29, 1.82) is 5.26 Å². The Bertz CT molecular complexity index is 150. The fourth-order valence-corrected chi connectivity index (χ4v) is 0.613. The zero-order valence-electron chi connectivity index (χ0n) is 5.31. The highest BCUT2D eigenvalue weighted by atomic mass is 79.9. The number of hydrogen-bond donors (Lipinski definition) is 0. The van der Waals surface area contributed by atoms with Gasteiger partial charge in [0.2, 0.25) is 0 Å². The third-order valence-electron chi connectivity index (χ3n) is 0.717. The zero-order chi connectivity index (χ0) is 7.82. The lowest BCUT2D eigenvalue weighted by Crippen LogP contribution is -1.94. The van der Waals surface area contributed by atoms with Crippen molar-refractivity contribution in [2.24, 2.45) is 0 Å². The molecule has 0 aromatic carbocycles. The first kappa shape index (κ1) is 10.2. The van der Waals surface area contributed by atoms with E-state index in [1.54, 1.807) is 4.99 Å². The molecule has 0 radical (unpaired) electrons. The van der Waals surface area contributed by atoms with Gasteiger partial charge < -0.3 is 4.74 Å². The Hall–Kier alpha value is 0.150. The first-order chi connectivity index (χ1) is 4.81. The molecule has 0 spiro atoms.